The molecule has 0 radical (unpaired) electrons. The van der Waals surface area contributed by atoms with Crippen LogP contribution in [-0.2, 0) is 0 Å². The van der Waals surface area contributed by atoms with Gasteiger partial charge in [0.15, 0.2) is 11.3 Å². The number of hydrogen-bond acceptors (Lipinski definition) is 5. The number of carbonyl (C=O) groups is 1. The zero-order valence-electron chi connectivity index (χ0n) is 10.1. The summed E-state index contributed by atoms with van der Waals surface area (Å²) in [5.74, 6) is -1.14. The van der Waals surface area contributed by atoms with Gasteiger partial charge in [-0.15, -0.1) is 0 Å². The molecule has 3 aromatic heterocycles. The number of hydrogen-bond donors (Lipinski definition) is 1. The Labute approximate surface area is 112 Å². The van der Waals surface area contributed by atoms with Crippen molar-refractivity contribution >= 4 is 11.6 Å². The van der Waals surface area contributed by atoms with Gasteiger partial charge < -0.3 is 5.11 Å². The smallest absolute Gasteiger partial charge is 0.354 e. The maximum Gasteiger partial charge on any atom is 0.354 e. The van der Waals surface area contributed by atoms with E-state index in [2.05, 4.69) is 15.1 Å². The molecule has 0 aromatic carbocycles. The highest BCUT2D eigenvalue weighted by atomic mass is 16.4. The van der Waals surface area contributed by atoms with Crippen molar-refractivity contribution in [1.29, 1.82) is 5.26 Å². The summed E-state index contributed by atoms with van der Waals surface area (Å²) >= 11 is 0. The summed E-state index contributed by atoms with van der Waals surface area (Å²) in [5.41, 5.74) is 1.57. The van der Waals surface area contributed by atoms with Crippen LogP contribution in [0.4, 0.5) is 0 Å². The highest BCUT2D eigenvalue weighted by molar-refractivity contribution is 5.88. The maximum absolute atomic E-state index is 11.3. The van der Waals surface area contributed by atoms with Gasteiger partial charge in [0.1, 0.15) is 11.6 Å². The number of fused-ring (bicyclic) bond motifs is 1. The number of nitrogens with zero attached hydrogens (tertiary/aromatic N) is 5. The fourth-order valence-corrected chi connectivity index (χ4v) is 1.86. The van der Waals surface area contributed by atoms with Crippen molar-refractivity contribution in [2.45, 2.75) is 0 Å². The summed E-state index contributed by atoms with van der Waals surface area (Å²) < 4.78 is 1.14. The third kappa shape index (κ3) is 1.76. The Morgan fingerprint density at radius 3 is 2.75 bits per heavy atom. The molecule has 0 saturated carbocycles. The molecule has 0 spiro atoms. The van der Waals surface area contributed by atoms with Crippen molar-refractivity contribution < 1.29 is 9.90 Å². The topological polar surface area (TPSA) is 104 Å². The van der Waals surface area contributed by atoms with Gasteiger partial charge in [-0.25, -0.2) is 14.3 Å². The van der Waals surface area contributed by atoms with Gasteiger partial charge in [-0.2, -0.15) is 10.4 Å². The van der Waals surface area contributed by atoms with E-state index < -0.39 is 5.97 Å². The minimum atomic E-state index is -1.14. The normalized spacial score (nSPS) is 10.3. The van der Waals surface area contributed by atoms with Crippen molar-refractivity contribution in [3.63, 3.8) is 0 Å². The Kier molecular flexibility index (Phi) is 2.62. The predicted octanol–water partition coefficient (Wildman–Crippen LogP) is 1.36. The molecule has 96 valence electrons. The summed E-state index contributed by atoms with van der Waals surface area (Å²) in [6.07, 6.45) is 4.47. The zero-order valence-corrected chi connectivity index (χ0v) is 10.1. The zero-order chi connectivity index (χ0) is 14.1. The summed E-state index contributed by atoms with van der Waals surface area (Å²) in [4.78, 5) is 19.5. The van der Waals surface area contributed by atoms with E-state index in [-0.39, 0.29) is 16.9 Å². The monoisotopic (exact) mass is 265 g/mol. The van der Waals surface area contributed by atoms with Crippen LogP contribution in [0.15, 0.2) is 36.8 Å². The van der Waals surface area contributed by atoms with E-state index in [1.54, 1.807) is 24.5 Å². The van der Waals surface area contributed by atoms with Crippen LogP contribution in [0.3, 0.4) is 0 Å². The summed E-state index contributed by atoms with van der Waals surface area (Å²) in [5, 5.41) is 22.2. The molecule has 7 nitrogen and oxygen atoms in total. The Morgan fingerprint density at radius 2 is 2.10 bits per heavy atom. The van der Waals surface area contributed by atoms with Crippen molar-refractivity contribution in [3.05, 3.63) is 48.0 Å². The average molecular weight is 265 g/mol. The van der Waals surface area contributed by atoms with E-state index in [0.29, 0.717) is 5.69 Å². The average Bonchev–Trinajstić information content (AvgIpc) is 2.89. The van der Waals surface area contributed by atoms with Crippen LogP contribution in [0.25, 0.3) is 16.9 Å². The highest BCUT2D eigenvalue weighted by Crippen LogP contribution is 2.20. The molecule has 0 fully saturated rings. The summed E-state index contributed by atoms with van der Waals surface area (Å²) in [7, 11) is 0. The first-order valence-corrected chi connectivity index (χ1v) is 5.63. The molecule has 0 unspecified atom stereocenters. The largest absolute Gasteiger partial charge is 0.477 e. The van der Waals surface area contributed by atoms with Crippen LogP contribution in [-0.4, -0.2) is 30.7 Å². The molecule has 1 N–H and O–H groups in total. The lowest BCUT2D eigenvalue weighted by Crippen LogP contribution is -2.08. The SMILES string of the molecule is N#Cc1cnn2c(C(=O)O)cc(-c3ccncc3)nc12. The van der Waals surface area contributed by atoms with Crippen molar-refractivity contribution in [2.24, 2.45) is 0 Å². The molecule has 0 atom stereocenters. The summed E-state index contributed by atoms with van der Waals surface area (Å²) in [6.45, 7) is 0. The maximum atomic E-state index is 11.3. The van der Waals surface area contributed by atoms with Gasteiger partial charge in [-0.05, 0) is 18.2 Å². The molecule has 0 amide bonds. The van der Waals surface area contributed by atoms with Crippen LogP contribution < -0.4 is 0 Å². The highest BCUT2D eigenvalue weighted by Gasteiger charge is 2.16. The number of carboxylic acids is 1. The molecular formula is C13H7N5O2. The molecule has 0 bridgehead atoms. The second kappa shape index (κ2) is 4.44. The minimum absolute atomic E-state index is 0.0525. The van der Waals surface area contributed by atoms with E-state index >= 15 is 0 Å². The number of carboxylic acid groups (broad SMARTS) is 1. The molecule has 3 heterocycles. The van der Waals surface area contributed by atoms with Gasteiger partial charge in [0.2, 0.25) is 0 Å². The van der Waals surface area contributed by atoms with E-state index in [1.807, 2.05) is 6.07 Å². The van der Waals surface area contributed by atoms with Gasteiger partial charge in [0, 0.05) is 18.0 Å². The fourth-order valence-electron chi connectivity index (χ4n) is 1.86. The molecule has 20 heavy (non-hydrogen) atoms. The van der Waals surface area contributed by atoms with Crippen molar-refractivity contribution in [3.8, 4) is 17.3 Å². The molecule has 3 aromatic rings. The molecule has 7 heteroatoms. The fraction of sp³-hybridized carbons (Fsp3) is 0. The van der Waals surface area contributed by atoms with Crippen LogP contribution in [0.5, 0.6) is 0 Å². The van der Waals surface area contributed by atoms with Gasteiger partial charge in [0.05, 0.1) is 11.9 Å². The van der Waals surface area contributed by atoms with Crippen LogP contribution in [0, 0.1) is 11.3 Å². The Bertz CT molecular complexity index is 848. The van der Waals surface area contributed by atoms with E-state index in [0.717, 1.165) is 10.1 Å². The van der Waals surface area contributed by atoms with E-state index in [1.165, 1.54) is 12.3 Å². The number of rotatable bonds is 2. The number of nitriles is 1. The standard InChI is InChI=1S/C13H7N5O2/c14-6-9-7-16-18-11(13(19)20)5-10(17-12(9)18)8-1-3-15-4-2-8/h1-5,7H,(H,19,20). The lowest BCUT2D eigenvalue weighted by Gasteiger charge is -2.04. The Hall–Kier alpha value is -3.27. The van der Waals surface area contributed by atoms with Gasteiger partial charge in [0.25, 0.3) is 0 Å². The first kappa shape index (κ1) is 11.8. The van der Waals surface area contributed by atoms with Crippen LogP contribution >= 0.6 is 0 Å². The number of aromatic nitrogens is 4. The van der Waals surface area contributed by atoms with Gasteiger partial charge >= 0.3 is 5.97 Å². The second-order valence-electron chi connectivity index (χ2n) is 3.97. The lowest BCUT2D eigenvalue weighted by molar-refractivity contribution is 0.0687. The first-order valence-electron chi connectivity index (χ1n) is 5.63. The van der Waals surface area contributed by atoms with Crippen molar-refractivity contribution in [2.75, 3.05) is 0 Å². The molecular weight excluding hydrogens is 258 g/mol. The predicted molar refractivity (Wildman–Crippen MR) is 67.9 cm³/mol. The summed E-state index contributed by atoms with van der Waals surface area (Å²) in [6, 6.07) is 6.79. The molecule has 0 aliphatic heterocycles. The molecule has 0 aliphatic rings. The molecule has 0 saturated heterocycles. The van der Waals surface area contributed by atoms with E-state index in [9.17, 15) is 9.90 Å². The lowest BCUT2D eigenvalue weighted by atomic mass is 10.1. The van der Waals surface area contributed by atoms with Crippen molar-refractivity contribution in [1.82, 2.24) is 19.6 Å². The quantitative estimate of drug-likeness (QED) is 0.750. The Balaban J connectivity index is 2.35. The molecule has 0 aliphatic carbocycles. The molecule has 3 rings (SSSR count). The minimum Gasteiger partial charge on any atom is -0.477 e. The number of aromatic carboxylic acids is 1. The first-order chi connectivity index (χ1) is 9.70. The van der Waals surface area contributed by atoms with E-state index in [4.69, 9.17) is 5.26 Å². The van der Waals surface area contributed by atoms with Crippen LogP contribution in [0.1, 0.15) is 16.1 Å². The van der Waals surface area contributed by atoms with Gasteiger partial charge in [-0.3, -0.25) is 4.98 Å². The number of pyridine rings is 1. The van der Waals surface area contributed by atoms with Crippen LogP contribution in [0.2, 0.25) is 0 Å². The third-order valence-electron chi connectivity index (χ3n) is 2.79. The van der Waals surface area contributed by atoms with Gasteiger partial charge in [-0.1, -0.05) is 0 Å². The second-order valence-corrected chi connectivity index (χ2v) is 3.97. The Morgan fingerprint density at radius 1 is 1.35 bits per heavy atom. The third-order valence-corrected chi connectivity index (χ3v) is 2.79.